The maximum absolute atomic E-state index is 11.0. The largest absolute Gasteiger partial charge is 0.481 e. The summed E-state index contributed by atoms with van der Waals surface area (Å²) in [5.74, 6) is -1.45. The summed E-state index contributed by atoms with van der Waals surface area (Å²) < 4.78 is 0. The molecular formula is C18H34O4. The lowest BCUT2D eigenvalue weighted by atomic mass is 9.75. The number of hydrogen-bond acceptors (Lipinski definition) is 2. The molecule has 0 saturated heterocycles. The minimum Gasteiger partial charge on any atom is -0.481 e. The van der Waals surface area contributed by atoms with Crippen molar-refractivity contribution in [3.05, 3.63) is 0 Å². The first-order chi connectivity index (χ1) is 9.96. The fourth-order valence-corrected chi connectivity index (χ4v) is 3.15. The summed E-state index contributed by atoms with van der Waals surface area (Å²) in [6.45, 7) is 12.1. The zero-order valence-corrected chi connectivity index (χ0v) is 15.1. The van der Waals surface area contributed by atoms with E-state index in [0.29, 0.717) is 5.92 Å². The molecule has 0 rings (SSSR count). The predicted molar refractivity (Wildman–Crippen MR) is 88.8 cm³/mol. The van der Waals surface area contributed by atoms with E-state index < -0.39 is 11.9 Å². The lowest BCUT2D eigenvalue weighted by molar-refractivity contribution is -0.143. The van der Waals surface area contributed by atoms with E-state index in [1.165, 1.54) is 0 Å². The second-order valence-corrected chi connectivity index (χ2v) is 7.94. The first-order valence-electron chi connectivity index (χ1n) is 8.42. The van der Waals surface area contributed by atoms with Crippen molar-refractivity contribution in [1.82, 2.24) is 0 Å². The van der Waals surface area contributed by atoms with Crippen molar-refractivity contribution in [2.45, 2.75) is 73.6 Å². The smallest absolute Gasteiger partial charge is 0.306 e. The first-order valence-corrected chi connectivity index (χ1v) is 8.42. The molecule has 0 saturated carbocycles. The van der Waals surface area contributed by atoms with Gasteiger partial charge in [0.25, 0.3) is 0 Å². The fourth-order valence-electron chi connectivity index (χ4n) is 3.15. The Kier molecular flexibility index (Phi) is 8.72. The van der Waals surface area contributed by atoms with Gasteiger partial charge < -0.3 is 10.2 Å². The molecule has 0 aliphatic heterocycles. The molecule has 22 heavy (non-hydrogen) atoms. The number of rotatable bonds is 11. The monoisotopic (exact) mass is 314 g/mol. The third-order valence-corrected chi connectivity index (χ3v) is 4.85. The van der Waals surface area contributed by atoms with Gasteiger partial charge in [0.05, 0.1) is 11.8 Å². The molecule has 4 atom stereocenters. The van der Waals surface area contributed by atoms with Crippen molar-refractivity contribution < 1.29 is 19.8 Å². The average molecular weight is 314 g/mol. The molecule has 0 aromatic heterocycles. The summed E-state index contributed by atoms with van der Waals surface area (Å²) in [7, 11) is 0. The van der Waals surface area contributed by atoms with Crippen molar-refractivity contribution >= 4 is 11.9 Å². The van der Waals surface area contributed by atoms with Crippen LogP contribution in [0.25, 0.3) is 0 Å². The van der Waals surface area contributed by atoms with Gasteiger partial charge in [0.1, 0.15) is 0 Å². The van der Waals surface area contributed by atoms with Gasteiger partial charge in [0.15, 0.2) is 0 Å². The maximum Gasteiger partial charge on any atom is 0.306 e. The Morgan fingerprint density at radius 3 is 2.00 bits per heavy atom. The Morgan fingerprint density at radius 2 is 1.55 bits per heavy atom. The van der Waals surface area contributed by atoms with Crippen LogP contribution in [0.4, 0.5) is 0 Å². The summed E-state index contributed by atoms with van der Waals surface area (Å²) in [5.41, 5.74) is 0.126. The topological polar surface area (TPSA) is 74.6 Å². The number of carboxylic acid groups (broad SMARTS) is 2. The van der Waals surface area contributed by atoms with Crippen LogP contribution in [-0.4, -0.2) is 22.2 Å². The van der Waals surface area contributed by atoms with Crippen molar-refractivity contribution in [1.29, 1.82) is 0 Å². The second-order valence-electron chi connectivity index (χ2n) is 7.94. The highest BCUT2D eigenvalue weighted by Crippen LogP contribution is 2.34. The van der Waals surface area contributed by atoms with Gasteiger partial charge >= 0.3 is 11.9 Å². The van der Waals surface area contributed by atoms with Gasteiger partial charge in [0.2, 0.25) is 0 Å². The van der Waals surface area contributed by atoms with E-state index >= 15 is 0 Å². The Hall–Kier alpha value is -1.06. The van der Waals surface area contributed by atoms with Crippen LogP contribution in [0, 0.1) is 29.1 Å². The average Bonchev–Trinajstić information content (AvgIpc) is 2.36. The predicted octanol–water partition coefficient (Wildman–Crippen LogP) is 4.68. The molecule has 2 N–H and O–H groups in total. The molecule has 0 amide bonds. The fraction of sp³-hybridized carbons (Fsp3) is 0.889. The molecule has 0 fully saturated rings. The van der Waals surface area contributed by atoms with E-state index in [0.717, 1.165) is 32.1 Å². The third-order valence-electron chi connectivity index (χ3n) is 4.85. The van der Waals surface area contributed by atoms with Gasteiger partial charge in [-0.05, 0) is 36.5 Å². The van der Waals surface area contributed by atoms with E-state index in [2.05, 4.69) is 20.8 Å². The molecule has 4 nitrogen and oxygen atoms in total. The van der Waals surface area contributed by atoms with Crippen LogP contribution in [0.1, 0.15) is 73.6 Å². The van der Waals surface area contributed by atoms with Crippen molar-refractivity contribution in [2.24, 2.45) is 29.1 Å². The van der Waals surface area contributed by atoms with Gasteiger partial charge in [-0.2, -0.15) is 0 Å². The van der Waals surface area contributed by atoms with Crippen LogP contribution in [0.3, 0.4) is 0 Å². The summed E-state index contributed by atoms with van der Waals surface area (Å²) in [6, 6.07) is 0. The van der Waals surface area contributed by atoms with E-state index in [9.17, 15) is 9.59 Å². The number of aliphatic carboxylic acids is 2. The van der Waals surface area contributed by atoms with E-state index in [1.54, 1.807) is 13.8 Å². The Balaban J connectivity index is 4.17. The Bertz CT molecular complexity index is 362. The van der Waals surface area contributed by atoms with Crippen LogP contribution in [-0.2, 0) is 9.59 Å². The highest BCUT2D eigenvalue weighted by molar-refractivity contribution is 5.69. The molecular weight excluding hydrogens is 280 g/mol. The molecule has 0 spiro atoms. The number of hydrogen-bond donors (Lipinski definition) is 2. The number of carbonyl (C=O) groups is 2. The Morgan fingerprint density at radius 1 is 1.00 bits per heavy atom. The van der Waals surface area contributed by atoms with Crippen LogP contribution in [0.2, 0.25) is 0 Å². The molecule has 0 aromatic carbocycles. The summed E-state index contributed by atoms with van der Waals surface area (Å²) in [4.78, 5) is 21.9. The van der Waals surface area contributed by atoms with Gasteiger partial charge in [-0.15, -0.1) is 0 Å². The summed E-state index contributed by atoms with van der Waals surface area (Å²) in [6.07, 6.45) is 4.77. The van der Waals surface area contributed by atoms with E-state index in [-0.39, 0.29) is 23.2 Å². The zero-order valence-electron chi connectivity index (χ0n) is 15.1. The van der Waals surface area contributed by atoms with E-state index in [4.69, 9.17) is 10.2 Å². The highest BCUT2D eigenvalue weighted by Gasteiger charge is 2.27. The number of carboxylic acids is 2. The highest BCUT2D eigenvalue weighted by atomic mass is 16.4. The normalized spacial score (nSPS) is 17.5. The second kappa shape index (κ2) is 9.16. The van der Waals surface area contributed by atoms with E-state index in [1.807, 2.05) is 6.92 Å². The molecule has 4 heteroatoms. The lowest BCUT2D eigenvalue weighted by Crippen LogP contribution is -2.24. The van der Waals surface area contributed by atoms with Crippen molar-refractivity contribution in [2.75, 3.05) is 0 Å². The maximum atomic E-state index is 11.0. The standard InChI is InChI=1S/C18H34O4/c1-12(10-13(2)16(19)20)8-7-9-18(5,6)11-14(3)15(4)17(21)22/h12-15H,7-11H2,1-6H3,(H,19,20)(H,21,22). The molecule has 0 heterocycles. The van der Waals surface area contributed by atoms with Gasteiger partial charge in [0, 0.05) is 0 Å². The molecule has 0 aliphatic carbocycles. The SMILES string of the molecule is CC(CCCC(C)(C)CC(C)C(C)C(=O)O)CC(C)C(=O)O. The molecule has 130 valence electrons. The molecule has 0 aliphatic rings. The molecule has 0 radical (unpaired) electrons. The Labute approximate surface area is 135 Å². The zero-order chi connectivity index (χ0) is 17.5. The van der Waals surface area contributed by atoms with Crippen molar-refractivity contribution in [3.8, 4) is 0 Å². The van der Waals surface area contributed by atoms with Gasteiger partial charge in [-0.1, -0.05) is 54.4 Å². The van der Waals surface area contributed by atoms with Crippen LogP contribution in [0.15, 0.2) is 0 Å². The molecule has 4 unspecified atom stereocenters. The van der Waals surface area contributed by atoms with Crippen LogP contribution >= 0.6 is 0 Å². The minimum atomic E-state index is -0.723. The summed E-state index contributed by atoms with van der Waals surface area (Å²) >= 11 is 0. The first kappa shape index (κ1) is 20.9. The lowest BCUT2D eigenvalue weighted by Gasteiger charge is -2.30. The molecule has 0 bridgehead atoms. The molecule has 0 aromatic rings. The van der Waals surface area contributed by atoms with Crippen molar-refractivity contribution in [3.63, 3.8) is 0 Å². The summed E-state index contributed by atoms with van der Waals surface area (Å²) in [5, 5.41) is 18.0. The van der Waals surface area contributed by atoms with Crippen LogP contribution < -0.4 is 0 Å². The van der Waals surface area contributed by atoms with Gasteiger partial charge in [-0.3, -0.25) is 9.59 Å². The van der Waals surface area contributed by atoms with Gasteiger partial charge in [-0.25, -0.2) is 0 Å². The quantitative estimate of drug-likeness (QED) is 0.581. The van der Waals surface area contributed by atoms with Crippen LogP contribution in [0.5, 0.6) is 0 Å². The third kappa shape index (κ3) is 8.40. The minimum absolute atomic E-state index is 0.126.